The minimum absolute atomic E-state index is 0.0234. The molecule has 5 nitrogen and oxygen atoms in total. The molecule has 0 spiro atoms. The molecule has 0 aromatic heterocycles. The van der Waals surface area contributed by atoms with Crippen molar-refractivity contribution < 1.29 is 19.4 Å². The third-order valence-corrected chi connectivity index (χ3v) is 6.47. The highest BCUT2D eigenvalue weighted by Gasteiger charge is 2.49. The number of carbonyl (C=O) groups is 1. The van der Waals surface area contributed by atoms with Gasteiger partial charge in [-0.15, -0.1) is 0 Å². The molecule has 0 saturated carbocycles. The zero-order valence-electron chi connectivity index (χ0n) is 18.2. The Morgan fingerprint density at radius 3 is 2.47 bits per heavy atom. The van der Waals surface area contributed by atoms with E-state index in [-0.39, 0.29) is 36.3 Å². The maximum absolute atomic E-state index is 13.3. The fraction of sp³-hybridized carbons (Fsp3) is 0.423. The van der Waals surface area contributed by atoms with E-state index in [4.69, 9.17) is 0 Å². The second-order valence-electron chi connectivity index (χ2n) is 8.61. The summed E-state index contributed by atoms with van der Waals surface area (Å²) < 4.78 is 13.3. The average molecular weight is 437 g/mol. The monoisotopic (exact) mass is 436 g/mol. The molecule has 2 N–H and O–H groups in total. The van der Waals surface area contributed by atoms with Gasteiger partial charge in [-0.25, -0.2) is 4.39 Å². The van der Waals surface area contributed by atoms with Crippen molar-refractivity contribution in [3.05, 3.63) is 71.0 Å². The van der Waals surface area contributed by atoms with E-state index in [2.05, 4.69) is 16.7 Å². The van der Waals surface area contributed by atoms with Crippen molar-refractivity contribution in [1.29, 1.82) is 0 Å². The van der Waals surface area contributed by atoms with Gasteiger partial charge < -0.3 is 15.1 Å². The zero-order valence-corrected chi connectivity index (χ0v) is 18.2. The first kappa shape index (κ1) is 22.5. The van der Waals surface area contributed by atoms with Gasteiger partial charge in [0.15, 0.2) is 0 Å². The number of hydrogen-bond donors (Lipinski definition) is 2. The SMILES string of the molecule is C[C@@H](O)C#Cc1ccc([C@H]2[C@@H](CO)N3CCCCN(C(=O)c4ccc(F)cc4)C[C@@H]23)cc1. The maximum Gasteiger partial charge on any atom is 0.253 e. The number of hydrogen-bond acceptors (Lipinski definition) is 4. The van der Waals surface area contributed by atoms with E-state index in [1.165, 1.54) is 24.3 Å². The van der Waals surface area contributed by atoms with Crippen molar-refractivity contribution in [1.82, 2.24) is 9.80 Å². The van der Waals surface area contributed by atoms with Gasteiger partial charge in [0.05, 0.1) is 6.61 Å². The first-order valence-electron chi connectivity index (χ1n) is 11.2. The van der Waals surface area contributed by atoms with Crippen molar-refractivity contribution in [2.24, 2.45) is 0 Å². The van der Waals surface area contributed by atoms with Crippen molar-refractivity contribution >= 4 is 5.91 Å². The molecule has 2 aromatic rings. The highest BCUT2D eigenvalue weighted by molar-refractivity contribution is 5.94. The number of aliphatic hydroxyl groups excluding tert-OH is 2. The summed E-state index contributed by atoms with van der Waals surface area (Å²) in [7, 11) is 0. The van der Waals surface area contributed by atoms with Crippen LogP contribution in [0, 0.1) is 17.7 Å². The molecule has 4 rings (SSSR count). The third-order valence-electron chi connectivity index (χ3n) is 6.47. The zero-order chi connectivity index (χ0) is 22.7. The van der Waals surface area contributed by atoms with Crippen LogP contribution in [-0.4, -0.2) is 70.3 Å². The largest absolute Gasteiger partial charge is 0.395 e. The molecule has 4 atom stereocenters. The predicted octanol–water partition coefficient (Wildman–Crippen LogP) is 2.62. The van der Waals surface area contributed by atoms with Crippen LogP contribution in [0.3, 0.4) is 0 Å². The second-order valence-corrected chi connectivity index (χ2v) is 8.61. The van der Waals surface area contributed by atoms with Crippen LogP contribution in [0.4, 0.5) is 4.39 Å². The molecule has 168 valence electrons. The van der Waals surface area contributed by atoms with E-state index in [1.807, 2.05) is 29.2 Å². The van der Waals surface area contributed by atoms with Crippen LogP contribution >= 0.6 is 0 Å². The van der Waals surface area contributed by atoms with Gasteiger partial charge in [0, 0.05) is 42.2 Å². The molecular formula is C26H29FN2O3. The van der Waals surface area contributed by atoms with Crippen LogP contribution in [0.2, 0.25) is 0 Å². The van der Waals surface area contributed by atoms with Crippen molar-refractivity contribution in [3.8, 4) is 11.8 Å². The van der Waals surface area contributed by atoms with Crippen LogP contribution in [0.5, 0.6) is 0 Å². The van der Waals surface area contributed by atoms with Crippen LogP contribution < -0.4 is 0 Å². The number of rotatable bonds is 3. The Labute approximate surface area is 188 Å². The molecule has 32 heavy (non-hydrogen) atoms. The Morgan fingerprint density at radius 1 is 1.12 bits per heavy atom. The number of aliphatic hydroxyl groups is 2. The second kappa shape index (κ2) is 9.83. The molecule has 0 bridgehead atoms. The van der Waals surface area contributed by atoms with E-state index in [9.17, 15) is 19.4 Å². The topological polar surface area (TPSA) is 64.0 Å². The number of nitrogens with zero attached hydrogens (tertiary/aromatic N) is 2. The Hall–Kier alpha value is -2.72. The number of benzene rings is 2. The molecule has 0 radical (unpaired) electrons. The summed E-state index contributed by atoms with van der Waals surface area (Å²) in [6.07, 6.45) is 1.18. The lowest BCUT2D eigenvalue weighted by molar-refractivity contribution is -0.0606. The van der Waals surface area contributed by atoms with E-state index in [1.54, 1.807) is 6.92 Å². The summed E-state index contributed by atoms with van der Waals surface area (Å²) in [4.78, 5) is 17.3. The Bertz CT molecular complexity index is 994. The summed E-state index contributed by atoms with van der Waals surface area (Å²) in [5, 5.41) is 19.4. The Balaban J connectivity index is 1.55. The van der Waals surface area contributed by atoms with Gasteiger partial charge in [-0.2, -0.15) is 0 Å². The van der Waals surface area contributed by atoms with Gasteiger partial charge in [-0.1, -0.05) is 24.0 Å². The van der Waals surface area contributed by atoms with Crippen molar-refractivity contribution in [2.45, 2.75) is 43.9 Å². The molecule has 2 saturated heterocycles. The van der Waals surface area contributed by atoms with Crippen LogP contribution in [-0.2, 0) is 0 Å². The predicted molar refractivity (Wildman–Crippen MR) is 121 cm³/mol. The standard InChI is InChI=1S/C26H29FN2O3/c1-18(31)4-5-19-6-8-20(9-7-19)25-23-16-28(14-2-3-15-29(23)24(25)17-30)26(32)21-10-12-22(27)13-11-21/h6-13,18,23-25,30-31H,2-3,14-17H2,1H3/t18-,23+,24-,25-/m1/s1. The molecule has 2 aliphatic rings. The van der Waals surface area contributed by atoms with Gasteiger partial charge >= 0.3 is 0 Å². The number of amides is 1. The summed E-state index contributed by atoms with van der Waals surface area (Å²) in [5.41, 5.74) is 2.44. The lowest BCUT2D eigenvalue weighted by Gasteiger charge is -2.57. The lowest BCUT2D eigenvalue weighted by atomic mass is 9.74. The number of halogens is 1. The van der Waals surface area contributed by atoms with E-state index < -0.39 is 6.10 Å². The van der Waals surface area contributed by atoms with Crippen LogP contribution in [0.25, 0.3) is 0 Å². The molecule has 0 aliphatic carbocycles. The molecule has 2 aromatic carbocycles. The Kier molecular flexibility index (Phi) is 6.90. The summed E-state index contributed by atoms with van der Waals surface area (Å²) in [5.74, 6) is 5.37. The van der Waals surface area contributed by atoms with E-state index >= 15 is 0 Å². The van der Waals surface area contributed by atoms with E-state index in [0.717, 1.165) is 30.5 Å². The van der Waals surface area contributed by atoms with Gasteiger partial charge in [0.1, 0.15) is 11.9 Å². The van der Waals surface area contributed by atoms with Crippen LogP contribution in [0.1, 0.15) is 47.2 Å². The first-order chi connectivity index (χ1) is 15.5. The minimum Gasteiger partial charge on any atom is -0.395 e. The number of carbonyl (C=O) groups excluding carboxylic acids is 1. The molecule has 1 amide bonds. The average Bonchev–Trinajstić information content (AvgIpc) is 2.77. The van der Waals surface area contributed by atoms with Crippen LogP contribution in [0.15, 0.2) is 48.5 Å². The highest BCUT2D eigenvalue weighted by Crippen LogP contribution is 2.42. The summed E-state index contributed by atoms with van der Waals surface area (Å²) in [6.45, 7) is 3.84. The Morgan fingerprint density at radius 2 is 1.81 bits per heavy atom. The third kappa shape index (κ3) is 4.71. The number of fused-ring (bicyclic) bond motifs is 1. The quantitative estimate of drug-likeness (QED) is 0.727. The van der Waals surface area contributed by atoms with Gasteiger partial charge in [-0.3, -0.25) is 9.69 Å². The van der Waals surface area contributed by atoms with E-state index in [0.29, 0.717) is 18.7 Å². The molecule has 0 unspecified atom stereocenters. The van der Waals surface area contributed by atoms with Gasteiger partial charge in [-0.05, 0) is 68.3 Å². The van der Waals surface area contributed by atoms with Crippen molar-refractivity contribution in [2.75, 3.05) is 26.2 Å². The van der Waals surface area contributed by atoms with Gasteiger partial charge in [0.2, 0.25) is 0 Å². The molecule has 2 aliphatic heterocycles. The van der Waals surface area contributed by atoms with Crippen molar-refractivity contribution in [3.63, 3.8) is 0 Å². The highest BCUT2D eigenvalue weighted by atomic mass is 19.1. The maximum atomic E-state index is 13.3. The lowest BCUT2D eigenvalue weighted by Crippen LogP contribution is -2.67. The molecule has 6 heteroatoms. The summed E-state index contributed by atoms with van der Waals surface area (Å²) >= 11 is 0. The summed E-state index contributed by atoms with van der Waals surface area (Å²) in [6, 6.07) is 13.8. The fourth-order valence-corrected chi connectivity index (χ4v) is 4.88. The molecular weight excluding hydrogens is 407 g/mol. The normalized spacial score (nSPS) is 24.2. The molecule has 2 fully saturated rings. The minimum atomic E-state index is -0.673. The fourth-order valence-electron chi connectivity index (χ4n) is 4.88. The molecule has 2 heterocycles. The first-order valence-corrected chi connectivity index (χ1v) is 11.2. The van der Waals surface area contributed by atoms with Gasteiger partial charge in [0.25, 0.3) is 5.91 Å². The smallest absolute Gasteiger partial charge is 0.253 e.